The molecule has 2 atom stereocenters. The molecular weight excluding hydrogens is 436 g/mol. The number of nitrogens with zero attached hydrogens (tertiary/aromatic N) is 2. The third-order valence-corrected chi connectivity index (χ3v) is 6.40. The van der Waals surface area contributed by atoms with Gasteiger partial charge in [-0.3, -0.25) is 29.0 Å². The molecule has 0 saturated carbocycles. The third kappa shape index (κ3) is 4.95. The summed E-state index contributed by atoms with van der Waals surface area (Å²) in [5.74, 6) is 0.00182. The van der Waals surface area contributed by atoms with Crippen LogP contribution in [0.1, 0.15) is 48.6 Å². The molecule has 0 N–H and O–H groups in total. The highest BCUT2D eigenvalue weighted by Crippen LogP contribution is 2.31. The fourth-order valence-electron chi connectivity index (χ4n) is 4.21. The number of hydrogen-bond acceptors (Lipinski definition) is 6. The van der Waals surface area contributed by atoms with Crippen molar-refractivity contribution in [3.8, 4) is 11.5 Å². The monoisotopic (exact) mass is 464 g/mol. The molecule has 0 aromatic heterocycles. The van der Waals surface area contributed by atoms with E-state index < -0.39 is 11.8 Å². The Labute approximate surface area is 198 Å². The van der Waals surface area contributed by atoms with E-state index >= 15 is 0 Å². The number of hydrogen-bond donors (Lipinski definition) is 0. The van der Waals surface area contributed by atoms with Gasteiger partial charge in [0.05, 0.1) is 25.0 Å². The molecule has 0 spiro atoms. The smallest absolute Gasteiger partial charge is 0.236 e. The predicted octanol–water partition coefficient (Wildman–Crippen LogP) is 2.87. The first-order valence-electron chi connectivity index (χ1n) is 11.4. The minimum Gasteiger partial charge on any atom is -0.494 e. The van der Waals surface area contributed by atoms with Crippen LogP contribution in [0.25, 0.3) is 0 Å². The Morgan fingerprint density at radius 2 is 1.00 bits per heavy atom. The van der Waals surface area contributed by atoms with Gasteiger partial charge in [0.15, 0.2) is 0 Å². The Morgan fingerprint density at radius 1 is 0.647 bits per heavy atom. The van der Waals surface area contributed by atoms with Crippen molar-refractivity contribution in [2.75, 3.05) is 27.3 Å². The molecule has 8 heteroatoms. The average Bonchev–Trinajstić information content (AvgIpc) is 3.26. The topological polar surface area (TPSA) is 93.2 Å². The highest BCUT2D eigenvalue weighted by Gasteiger charge is 2.37. The number of carbonyl (C=O) groups excluding carboxylic acids is 4. The zero-order chi connectivity index (χ0) is 24.2. The van der Waals surface area contributed by atoms with E-state index in [-0.39, 0.29) is 36.5 Å². The van der Waals surface area contributed by atoms with Crippen LogP contribution in [0.15, 0.2) is 48.5 Å². The Balaban J connectivity index is 1.15. The summed E-state index contributed by atoms with van der Waals surface area (Å²) in [4.78, 5) is 50.0. The first-order valence-corrected chi connectivity index (χ1v) is 11.4. The molecular formula is C26H28N2O6. The van der Waals surface area contributed by atoms with Gasteiger partial charge in [-0.05, 0) is 48.2 Å². The lowest BCUT2D eigenvalue weighted by Gasteiger charge is -2.12. The lowest BCUT2D eigenvalue weighted by molar-refractivity contribution is -0.138. The van der Waals surface area contributed by atoms with Crippen molar-refractivity contribution in [3.05, 3.63) is 59.7 Å². The first-order chi connectivity index (χ1) is 16.3. The highest BCUT2D eigenvalue weighted by atomic mass is 16.5. The van der Waals surface area contributed by atoms with E-state index in [0.29, 0.717) is 13.2 Å². The number of carbonyl (C=O) groups is 4. The molecule has 2 aromatic rings. The van der Waals surface area contributed by atoms with Crippen molar-refractivity contribution in [2.24, 2.45) is 0 Å². The normalized spacial score (nSPS) is 20.4. The zero-order valence-electron chi connectivity index (χ0n) is 19.4. The van der Waals surface area contributed by atoms with Gasteiger partial charge in [-0.25, -0.2) is 0 Å². The fourth-order valence-corrected chi connectivity index (χ4v) is 4.21. The summed E-state index contributed by atoms with van der Waals surface area (Å²) in [6.45, 7) is 1.08. The fraction of sp³-hybridized carbons (Fsp3) is 0.385. The van der Waals surface area contributed by atoms with Crippen molar-refractivity contribution >= 4 is 23.6 Å². The number of unbranched alkanes of at least 4 members (excludes halogenated alkanes) is 1. The van der Waals surface area contributed by atoms with Crippen LogP contribution in [0.5, 0.6) is 11.5 Å². The molecule has 0 aliphatic carbocycles. The summed E-state index contributed by atoms with van der Waals surface area (Å²) in [6.07, 6.45) is 2.05. The second-order valence-corrected chi connectivity index (χ2v) is 8.64. The van der Waals surface area contributed by atoms with Gasteiger partial charge in [0.25, 0.3) is 0 Å². The molecule has 4 amide bonds. The van der Waals surface area contributed by atoms with Crippen molar-refractivity contribution < 1.29 is 28.7 Å². The summed E-state index contributed by atoms with van der Waals surface area (Å²) >= 11 is 0. The Bertz CT molecular complexity index is 992. The van der Waals surface area contributed by atoms with Crippen LogP contribution in [0, 0.1) is 0 Å². The maximum absolute atomic E-state index is 12.1. The molecule has 2 fully saturated rings. The van der Waals surface area contributed by atoms with Crippen LogP contribution in [0.4, 0.5) is 0 Å². The van der Waals surface area contributed by atoms with Gasteiger partial charge in [-0.2, -0.15) is 0 Å². The summed E-state index contributed by atoms with van der Waals surface area (Å²) in [7, 11) is 3.03. The third-order valence-electron chi connectivity index (χ3n) is 6.40. The minimum atomic E-state index is -0.403. The van der Waals surface area contributed by atoms with Crippen LogP contribution in [0.2, 0.25) is 0 Å². The van der Waals surface area contributed by atoms with E-state index in [1.807, 2.05) is 48.5 Å². The first kappa shape index (κ1) is 23.5. The largest absolute Gasteiger partial charge is 0.494 e. The number of ether oxygens (including phenoxy) is 2. The number of likely N-dealkylation sites (N-methyl/N-ethyl adjacent to an activating group) is 2. The number of likely N-dealkylation sites (tertiary alicyclic amines) is 2. The van der Waals surface area contributed by atoms with Crippen molar-refractivity contribution in [3.63, 3.8) is 0 Å². The standard InChI is InChI=1S/C26H28N2O6/c1-27-23(29)15-21(25(27)31)17-5-9-19(10-6-17)33-13-3-4-14-34-20-11-7-18(8-12-20)22-16-24(30)28(2)26(22)32/h5-12,21-22H,3-4,13-16H2,1-2H3/t21-,22+. The summed E-state index contributed by atoms with van der Waals surface area (Å²) in [6, 6.07) is 14.6. The van der Waals surface area contributed by atoms with E-state index in [4.69, 9.17) is 9.47 Å². The van der Waals surface area contributed by atoms with Crippen LogP contribution >= 0.6 is 0 Å². The van der Waals surface area contributed by atoms with Crippen molar-refractivity contribution in [1.82, 2.24) is 9.80 Å². The van der Waals surface area contributed by atoms with E-state index in [1.165, 1.54) is 23.9 Å². The van der Waals surface area contributed by atoms with Gasteiger partial charge in [0.2, 0.25) is 23.6 Å². The van der Waals surface area contributed by atoms with Gasteiger partial charge in [0, 0.05) is 26.9 Å². The van der Waals surface area contributed by atoms with Gasteiger partial charge in [-0.15, -0.1) is 0 Å². The van der Waals surface area contributed by atoms with Crippen LogP contribution < -0.4 is 9.47 Å². The molecule has 34 heavy (non-hydrogen) atoms. The lowest BCUT2D eigenvalue weighted by Crippen LogP contribution is -2.25. The summed E-state index contributed by atoms with van der Waals surface area (Å²) in [5.41, 5.74) is 1.65. The summed E-state index contributed by atoms with van der Waals surface area (Å²) in [5, 5.41) is 0. The molecule has 8 nitrogen and oxygen atoms in total. The second-order valence-electron chi connectivity index (χ2n) is 8.64. The Hall–Kier alpha value is -3.68. The number of rotatable bonds is 9. The van der Waals surface area contributed by atoms with Gasteiger partial charge < -0.3 is 9.47 Å². The molecule has 0 unspecified atom stereocenters. The molecule has 0 radical (unpaired) electrons. The quantitative estimate of drug-likeness (QED) is 0.419. The van der Waals surface area contributed by atoms with Crippen molar-refractivity contribution in [2.45, 2.75) is 37.5 Å². The van der Waals surface area contributed by atoms with Gasteiger partial charge in [0.1, 0.15) is 11.5 Å². The SMILES string of the molecule is CN1C(=O)C[C@@H](c2ccc(OCCCCOc3ccc([C@H]4CC(=O)N(C)C4=O)cc3)cc2)C1=O. The maximum atomic E-state index is 12.1. The maximum Gasteiger partial charge on any atom is 0.236 e. The van der Waals surface area contributed by atoms with E-state index in [0.717, 1.165) is 35.5 Å². The number of imide groups is 2. The van der Waals surface area contributed by atoms with Crippen LogP contribution in [-0.2, 0) is 19.2 Å². The zero-order valence-corrected chi connectivity index (χ0v) is 19.4. The summed E-state index contributed by atoms with van der Waals surface area (Å²) < 4.78 is 11.5. The number of benzene rings is 2. The van der Waals surface area contributed by atoms with Crippen molar-refractivity contribution in [1.29, 1.82) is 0 Å². The predicted molar refractivity (Wildman–Crippen MR) is 123 cm³/mol. The Kier molecular flexibility index (Phi) is 6.95. The Morgan fingerprint density at radius 3 is 1.29 bits per heavy atom. The molecule has 2 heterocycles. The van der Waals surface area contributed by atoms with E-state index in [2.05, 4.69) is 0 Å². The van der Waals surface area contributed by atoms with E-state index in [1.54, 1.807) is 0 Å². The molecule has 4 rings (SSSR count). The molecule has 2 aliphatic heterocycles. The van der Waals surface area contributed by atoms with Crippen LogP contribution in [-0.4, -0.2) is 60.7 Å². The molecule has 0 bridgehead atoms. The molecule has 2 saturated heterocycles. The van der Waals surface area contributed by atoms with E-state index in [9.17, 15) is 19.2 Å². The van der Waals surface area contributed by atoms with Crippen LogP contribution in [0.3, 0.4) is 0 Å². The van der Waals surface area contributed by atoms with Gasteiger partial charge >= 0.3 is 0 Å². The lowest BCUT2D eigenvalue weighted by atomic mass is 9.97. The number of amides is 4. The van der Waals surface area contributed by atoms with Gasteiger partial charge in [-0.1, -0.05) is 24.3 Å². The second kappa shape index (κ2) is 10.1. The molecule has 2 aliphatic rings. The highest BCUT2D eigenvalue weighted by molar-refractivity contribution is 6.06. The molecule has 178 valence electrons. The minimum absolute atomic E-state index is 0.151. The average molecular weight is 465 g/mol. The molecule has 2 aromatic carbocycles.